The summed E-state index contributed by atoms with van der Waals surface area (Å²) >= 11 is 0. The van der Waals surface area contributed by atoms with Gasteiger partial charge in [-0.15, -0.1) is 0 Å². The van der Waals surface area contributed by atoms with Crippen LogP contribution >= 0.6 is 7.75 Å². The first-order chi connectivity index (χ1) is 18.2. The van der Waals surface area contributed by atoms with Crippen molar-refractivity contribution in [2.24, 2.45) is 0 Å². The molecule has 208 valence electrons. The Hall–Kier alpha value is -2.80. The Kier molecular flexibility index (Phi) is 8.86. The normalized spacial score (nSPS) is 26.9. The van der Waals surface area contributed by atoms with Gasteiger partial charge in [0.1, 0.15) is 29.6 Å². The van der Waals surface area contributed by atoms with E-state index in [1.807, 2.05) is 6.92 Å². The van der Waals surface area contributed by atoms with E-state index in [-0.39, 0.29) is 12.4 Å². The zero-order valence-corrected chi connectivity index (χ0v) is 22.0. The number of aliphatic hydroxyl groups is 1. The highest BCUT2D eigenvalue weighted by Gasteiger charge is 2.62. The standard InChI is InChI=1S/C24H32N3O10P/c1-3-4-13-33-21(30)16(2)26-38(32,37-17-8-6-5-7-9-17)35-15-18-20(29)24(11-14-34-24)22(36-18)27-12-10-19(28)25-23(27)31/h5-10,12,16,18,20,22,29H,3-4,11,13-15H2,1-2H3,(H,26,32)(H,25,28,31)/t16?,18-,20-,22-,24-,38?/m1/s1. The molecule has 2 aliphatic heterocycles. The minimum Gasteiger partial charge on any atom is -0.465 e. The van der Waals surface area contributed by atoms with Gasteiger partial charge in [0.05, 0.1) is 19.8 Å². The van der Waals surface area contributed by atoms with E-state index >= 15 is 0 Å². The summed E-state index contributed by atoms with van der Waals surface area (Å²) < 4.78 is 43.0. The minimum absolute atomic E-state index is 0.222. The minimum atomic E-state index is -4.21. The number of aliphatic hydroxyl groups excluding tert-OH is 1. The van der Waals surface area contributed by atoms with Crippen LogP contribution in [0.1, 0.15) is 39.3 Å². The molecular weight excluding hydrogens is 521 g/mol. The number of para-hydroxylation sites is 1. The predicted molar refractivity (Wildman–Crippen MR) is 134 cm³/mol. The average Bonchev–Trinajstić information content (AvgIpc) is 3.15. The first kappa shape index (κ1) is 28.2. The number of aromatic nitrogens is 2. The fourth-order valence-electron chi connectivity index (χ4n) is 4.24. The molecule has 0 saturated carbocycles. The van der Waals surface area contributed by atoms with Crippen molar-refractivity contribution in [3.05, 3.63) is 63.4 Å². The van der Waals surface area contributed by atoms with Crippen LogP contribution in [0.25, 0.3) is 0 Å². The second-order valence-electron chi connectivity index (χ2n) is 9.11. The zero-order chi connectivity index (χ0) is 27.3. The van der Waals surface area contributed by atoms with Crippen LogP contribution in [0.3, 0.4) is 0 Å². The number of nitrogens with one attached hydrogen (secondary N) is 2. The van der Waals surface area contributed by atoms with Gasteiger partial charge in [-0.3, -0.25) is 23.7 Å². The quantitative estimate of drug-likeness (QED) is 0.198. The molecule has 3 N–H and O–H groups in total. The Morgan fingerprint density at radius 3 is 2.68 bits per heavy atom. The molecule has 0 aliphatic carbocycles. The van der Waals surface area contributed by atoms with Gasteiger partial charge in [-0.2, -0.15) is 5.09 Å². The van der Waals surface area contributed by atoms with E-state index in [4.69, 9.17) is 23.3 Å². The SMILES string of the molecule is CCCCOC(=O)C(C)NP(=O)(OC[C@H]1O[C@@H](n2ccc(=O)[nH]c2=O)[C@@]2(CCO2)[C@@H]1O)Oc1ccccc1. The summed E-state index contributed by atoms with van der Waals surface area (Å²) in [6, 6.07) is 8.35. The van der Waals surface area contributed by atoms with Gasteiger partial charge >= 0.3 is 19.4 Å². The van der Waals surface area contributed by atoms with Crippen LogP contribution < -0.4 is 20.9 Å². The number of carbonyl (C=O) groups excluding carboxylic acids is 1. The van der Waals surface area contributed by atoms with Gasteiger partial charge in [-0.25, -0.2) is 9.36 Å². The molecule has 3 heterocycles. The lowest BCUT2D eigenvalue weighted by atomic mass is 9.86. The van der Waals surface area contributed by atoms with Crippen LogP contribution in [0.5, 0.6) is 5.75 Å². The Bertz CT molecular complexity index is 1260. The zero-order valence-electron chi connectivity index (χ0n) is 21.1. The first-order valence-electron chi connectivity index (χ1n) is 12.4. The summed E-state index contributed by atoms with van der Waals surface area (Å²) in [4.78, 5) is 38.5. The van der Waals surface area contributed by atoms with Crippen molar-refractivity contribution in [1.82, 2.24) is 14.6 Å². The third kappa shape index (κ3) is 6.09. The predicted octanol–water partition coefficient (Wildman–Crippen LogP) is 1.48. The molecule has 14 heteroatoms. The highest BCUT2D eigenvalue weighted by molar-refractivity contribution is 7.52. The molecule has 1 spiro atoms. The number of benzene rings is 1. The van der Waals surface area contributed by atoms with E-state index in [2.05, 4.69) is 10.1 Å². The van der Waals surface area contributed by atoms with Crippen LogP contribution in [0.2, 0.25) is 0 Å². The lowest BCUT2D eigenvalue weighted by Crippen LogP contribution is -2.57. The fraction of sp³-hybridized carbons (Fsp3) is 0.542. The number of nitrogens with zero attached hydrogens (tertiary/aromatic N) is 1. The van der Waals surface area contributed by atoms with Gasteiger partial charge in [-0.1, -0.05) is 31.5 Å². The van der Waals surface area contributed by atoms with E-state index in [1.165, 1.54) is 13.1 Å². The molecule has 13 nitrogen and oxygen atoms in total. The highest BCUT2D eigenvalue weighted by atomic mass is 31.2. The van der Waals surface area contributed by atoms with Crippen molar-refractivity contribution in [1.29, 1.82) is 0 Å². The molecule has 6 atom stereocenters. The van der Waals surface area contributed by atoms with Gasteiger partial charge in [0.25, 0.3) is 5.56 Å². The van der Waals surface area contributed by atoms with E-state index in [0.717, 1.165) is 17.1 Å². The third-order valence-electron chi connectivity index (χ3n) is 6.37. The topological polar surface area (TPSA) is 167 Å². The van der Waals surface area contributed by atoms with E-state index < -0.39 is 61.7 Å². The molecular formula is C24H32N3O10P. The molecule has 4 rings (SSSR count). The average molecular weight is 554 g/mol. The lowest BCUT2D eigenvalue weighted by molar-refractivity contribution is -0.227. The summed E-state index contributed by atoms with van der Waals surface area (Å²) in [5.41, 5.74) is -2.58. The van der Waals surface area contributed by atoms with Crippen molar-refractivity contribution >= 4 is 13.7 Å². The van der Waals surface area contributed by atoms with Crippen LogP contribution in [0.15, 0.2) is 52.2 Å². The van der Waals surface area contributed by atoms with Crippen molar-refractivity contribution < 1.29 is 37.7 Å². The van der Waals surface area contributed by atoms with Gasteiger partial charge in [0, 0.05) is 18.7 Å². The van der Waals surface area contributed by atoms with Crippen LogP contribution in [0, 0.1) is 0 Å². The van der Waals surface area contributed by atoms with Gasteiger partial charge in [0.2, 0.25) is 0 Å². The molecule has 2 fully saturated rings. The molecule has 2 aromatic rings. The van der Waals surface area contributed by atoms with E-state index in [9.17, 15) is 24.1 Å². The molecule has 0 bridgehead atoms. The molecule has 0 radical (unpaired) electrons. The summed E-state index contributed by atoms with van der Waals surface area (Å²) in [5.74, 6) is -0.408. The molecule has 2 unspecified atom stereocenters. The van der Waals surface area contributed by atoms with Gasteiger partial charge < -0.3 is 23.8 Å². The lowest BCUT2D eigenvalue weighted by Gasteiger charge is -2.44. The second-order valence-corrected chi connectivity index (χ2v) is 10.8. The summed E-state index contributed by atoms with van der Waals surface area (Å²) in [5, 5.41) is 13.7. The summed E-state index contributed by atoms with van der Waals surface area (Å²) in [6.45, 7) is 3.55. The van der Waals surface area contributed by atoms with Gasteiger partial charge in [0.15, 0.2) is 6.23 Å². The van der Waals surface area contributed by atoms with Crippen molar-refractivity contribution in [3.8, 4) is 5.75 Å². The summed E-state index contributed by atoms with van der Waals surface area (Å²) in [6.07, 6.45) is -0.261. The van der Waals surface area contributed by atoms with Crippen LogP contribution in [-0.2, 0) is 28.1 Å². The van der Waals surface area contributed by atoms with Crippen LogP contribution in [0.4, 0.5) is 0 Å². The first-order valence-corrected chi connectivity index (χ1v) is 13.9. The Morgan fingerprint density at radius 2 is 2.05 bits per heavy atom. The molecule has 2 saturated heterocycles. The van der Waals surface area contributed by atoms with Crippen molar-refractivity contribution in [2.75, 3.05) is 19.8 Å². The van der Waals surface area contributed by atoms with Crippen molar-refractivity contribution in [3.63, 3.8) is 0 Å². The molecule has 0 amide bonds. The maximum atomic E-state index is 13.8. The number of unbranched alkanes of at least 4 members (excludes halogenated alkanes) is 1. The number of hydrogen-bond donors (Lipinski definition) is 3. The van der Waals surface area contributed by atoms with Gasteiger partial charge in [-0.05, 0) is 25.5 Å². The summed E-state index contributed by atoms with van der Waals surface area (Å²) in [7, 11) is -4.21. The second kappa shape index (κ2) is 11.9. The van der Waals surface area contributed by atoms with Crippen molar-refractivity contribution in [2.45, 2.75) is 63.2 Å². The number of hydrogen-bond acceptors (Lipinski definition) is 10. The number of esters is 1. The Morgan fingerprint density at radius 1 is 1.32 bits per heavy atom. The third-order valence-corrected chi connectivity index (χ3v) is 8.01. The number of aromatic amines is 1. The van der Waals surface area contributed by atoms with E-state index in [1.54, 1.807) is 30.3 Å². The molecule has 1 aromatic heterocycles. The largest absolute Gasteiger partial charge is 0.465 e. The number of ether oxygens (including phenoxy) is 3. The van der Waals surface area contributed by atoms with Crippen LogP contribution in [-0.4, -0.2) is 64.3 Å². The number of carbonyl (C=O) groups is 1. The maximum absolute atomic E-state index is 13.8. The monoisotopic (exact) mass is 553 g/mol. The highest BCUT2D eigenvalue weighted by Crippen LogP contribution is 2.50. The Balaban J connectivity index is 1.51. The molecule has 38 heavy (non-hydrogen) atoms. The smallest absolute Gasteiger partial charge is 0.459 e. The van der Waals surface area contributed by atoms with E-state index in [0.29, 0.717) is 19.4 Å². The molecule has 2 aliphatic rings. The number of H-pyrrole nitrogens is 1. The number of rotatable bonds is 12. The molecule has 1 aromatic carbocycles. The maximum Gasteiger partial charge on any atom is 0.459 e. The Labute approximate surface area is 218 Å². The fourth-order valence-corrected chi connectivity index (χ4v) is 5.74.